The Labute approximate surface area is 151 Å². The van der Waals surface area contributed by atoms with Gasteiger partial charge in [0.1, 0.15) is 6.04 Å². The van der Waals surface area contributed by atoms with E-state index in [1.807, 2.05) is 41.5 Å². The molecule has 7 nitrogen and oxygen atoms in total. The van der Waals surface area contributed by atoms with Crippen LogP contribution in [0, 0.1) is 0 Å². The quantitative estimate of drug-likeness (QED) is 0.659. The Morgan fingerprint density at radius 2 is 1.72 bits per heavy atom. The molecule has 0 bridgehead atoms. The Kier molecular flexibility index (Phi) is 7.40. The van der Waals surface area contributed by atoms with Gasteiger partial charge in [0, 0.05) is 13.6 Å². The molecular formula is C18H35N3O4. The van der Waals surface area contributed by atoms with Gasteiger partial charge in [-0.25, -0.2) is 0 Å². The van der Waals surface area contributed by atoms with Crippen molar-refractivity contribution in [2.45, 2.75) is 90.4 Å². The van der Waals surface area contributed by atoms with E-state index < -0.39 is 17.7 Å². The number of hydrogen-bond donors (Lipinski definition) is 3. The maximum Gasteiger partial charge on any atom is 0.245 e. The smallest absolute Gasteiger partial charge is 0.245 e. The molecule has 0 aromatic rings. The molecule has 0 unspecified atom stereocenters. The first kappa shape index (κ1) is 21.9. The molecule has 3 N–H and O–H groups in total. The van der Waals surface area contributed by atoms with E-state index in [0.29, 0.717) is 13.0 Å². The number of hydrogen-bond acceptors (Lipinski definition) is 5. The van der Waals surface area contributed by atoms with Crippen molar-refractivity contribution in [3.8, 4) is 0 Å². The van der Waals surface area contributed by atoms with Crippen LogP contribution in [0.3, 0.4) is 0 Å². The van der Waals surface area contributed by atoms with E-state index in [1.165, 1.54) is 0 Å². The summed E-state index contributed by atoms with van der Waals surface area (Å²) in [6.45, 7) is 14.1. The topological polar surface area (TPSA) is 88.7 Å². The summed E-state index contributed by atoms with van der Waals surface area (Å²) < 4.78 is 11.8. The highest BCUT2D eigenvalue weighted by molar-refractivity contribution is 5.90. The molecule has 1 fully saturated rings. The van der Waals surface area contributed by atoms with Gasteiger partial charge < -0.3 is 25.4 Å². The van der Waals surface area contributed by atoms with Gasteiger partial charge >= 0.3 is 0 Å². The fraction of sp³-hybridized carbons (Fsp3) is 0.889. The minimum Gasteiger partial charge on any atom is -0.371 e. The molecule has 0 aromatic heterocycles. The summed E-state index contributed by atoms with van der Waals surface area (Å²) >= 11 is 0. The third-order valence-corrected chi connectivity index (χ3v) is 3.76. The SMILES string of the molecule is CNC(=O)[C@@H](NC(=O)[C@@H]1C[C@@H](OC(C)(C)C)CN1)[C@H](C)OC(C)(C)C. The van der Waals surface area contributed by atoms with Crippen molar-refractivity contribution in [3.63, 3.8) is 0 Å². The van der Waals surface area contributed by atoms with Crippen LogP contribution >= 0.6 is 0 Å². The number of carbonyl (C=O) groups is 2. The highest BCUT2D eigenvalue weighted by Crippen LogP contribution is 2.19. The van der Waals surface area contributed by atoms with E-state index in [1.54, 1.807) is 14.0 Å². The lowest BCUT2D eigenvalue weighted by atomic mass is 10.1. The molecule has 1 rings (SSSR count). The average molecular weight is 357 g/mol. The van der Waals surface area contributed by atoms with Gasteiger partial charge in [0.2, 0.25) is 11.8 Å². The number of likely N-dealkylation sites (N-methyl/N-ethyl adjacent to an activating group) is 1. The van der Waals surface area contributed by atoms with Gasteiger partial charge in [0.25, 0.3) is 0 Å². The highest BCUT2D eigenvalue weighted by Gasteiger charge is 2.36. The second kappa shape index (κ2) is 8.47. The van der Waals surface area contributed by atoms with Gasteiger partial charge in [0.05, 0.1) is 29.5 Å². The summed E-state index contributed by atoms with van der Waals surface area (Å²) in [7, 11) is 1.55. The Bertz CT molecular complexity index is 468. The van der Waals surface area contributed by atoms with Crippen LogP contribution in [0.4, 0.5) is 0 Å². The number of rotatable bonds is 6. The molecule has 0 spiro atoms. The van der Waals surface area contributed by atoms with Gasteiger partial charge in [-0.05, 0) is 54.9 Å². The van der Waals surface area contributed by atoms with E-state index in [9.17, 15) is 9.59 Å². The summed E-state index contributed by atoms with van der Waals surface area (Å²) in [4.78, 5) is 24.8. The zero-order valence-corrected chi connectivity index (χ0v) is 16.9. The molecule has 0 radical (unpaired) electrons. The van der Waals surface area contributed by atoms with Gasteiger partial charge in [0.15, 0.2) is 0 Å². The first-order valence-corrected chi connectivity index (χ1v) is 8.93. The molecule has 1 saturated heterocycles. The molecule has 2 amide bonds. The van der Waals surface area contributed by atoms with Gasteiger partial charge in [-0.2, -0.15) is 0 Å². The minimum absolute atomic E-state index is 0.0162. The van der Waals surface area contributed by atoms with Gasteiger partial charge in [-0.3, -0.25) is 9.59 Å². The molecule has 0 aliphatic carbocycles. The fourth-order valence-electron chi connectivity index (χ4n) is 2.92. The maximum atomic E-state index is 12.6. The summed E-state index contributed by atoms with van der Waals surface area (Å²) in [6.07, 6.45) is 0.113. The summed E-state index contributed by atoms with van der Waals surface area (Å²) in [5.74, 6) is -0.483. The summed E-state index contributed by atoms with van der Waals surface area (Å²) in [5, 5.41) is 8.58. The van der Waals surface area contributed by atoms with Crippen LogP contribution in [0.2, 0.25) is 0 Å². The monoisotopic (exact) mass is 357 g/mol. The predicted octanol–water partition coefficient (Wildman–Crippen LogP) is 0.966. The first-order chi connectivity index (χ1) is 11.3. The molecule has 4 atom stereocenters. The molecule has 0 aromatic carbocycles. The van der Waals surface area contributed by atoms with Crippen molar-refractivity contribution in [1.82, 2.24) is 16.0 Å². The van der Waals surface area contributed by atoms with Gasteiger partial charge in [-0.15, -0.1) is 0 Å². The van der Waals surface area contributed by atoms with Crippen molar-refractivity contribution in [1.29, 1.82) is 0 Å². The lowest BCUT2D eigenvalue weighted by Crippen LogP contribution is -2.56. The average Bonchev–Trinajstić information content (AvgIpc) is 2.88. The van der Waals surface area contributed by atoms with Gasteiger partial charge in [-0.1, -0.05) is 0 Å². The maximum absolute atomic E-state index is 12.6. The molecule has 1 aliphatic rings. The zero-order chi connectivity index (χ0) is 19.4. The molecule has 7 heteroatoms. The molecule has 25 heavy (non-hydrogen) atoms. The van der Waals surface area contributed by atoms with Crippen LogP contribution in [0.25, 0.3) is 0 Å². The molecular weight excluding hydrogens is 322 g/mol. The van der Waals surface area contributed by atoms with Crippen LogP contribution < -0.4 is 16.0 Å². The summed E-state index contributed by atoms with van der Waals surface area (Å²) in [5.41, 5.74) is -0.662. The van der Waals surface area contributed by atoms with E-state index in [-0.39, 0.29) is 29.6 Å². The van der Waals surface area contributed by atoms with Crippen molar-refractivity contribution in [3.05, 3.63) is 0 Å². The fourth-order valence-corrected chi connectivity index (χ4v) is 2.92. The normalized spacial score (nSPS) is 23.8. The zero-order valence-electron chi connectivity index (χ0n) is 16.9. The van der Waals surface area contributed by atoms with Crippen molar-refractivity contribution in [2.75, 3.05) is 13.6 Å². The standard InChI is InChI=1S/C18H35N3O4/c1-11(24-17(2,3)4)14(16(23)19-8)21-15(22)13-9-12(10-20-13)25-18(5,6)7/h11-14,20H,9-10H2,1-8H3,(H,19,23)(H,21,22)/t11-,12+,13-,14-/m0/s1. The van der Waals surface area contributed by atoms with E-state index in [4.69, 9.17) is 9.47 Å². The van der Waals surface area contributed by atoms with Crippen LogP contribution in [-0.4, -0.2) is 60.9 Å². The largest absolute Gasteiger partial charge is 0.371 e. The Balaban J connectivity index is 2.68. The number of amides is 2. The van der Waals surface area contributed by atoms with E-state index >= 15 is 0 Å². The van der Waals surface area contributed by atoms with Crippen LogP contribution in [0.15, 0.2) is 0 Å². The molecule has 1 heterocycles. The van der Waals surface area contributed by atoms with Crippen LogP contribution in [0.5, 0.6) is 0 Å². The van der Waals surface area contributed by atoms with E-state index in [2.05, 4.69) is 16.0 Å². The highest BCUT2D eigenvalue weighted by atomic mass is 16.5. The second-order valence-corrected chi connectivity index (χ2v) is 8.58. The van der Waals surface area contributed by atoms with Crippen LogP contribution in [0.1, 0.15) is 54.9 Å². The predicted molar refractivity (Wildman–Crippen MR) is 97.3 cm³/mol. The third-order valence-electron chi connectivity index (χ3n) is 3.76. The van der Waals surface area contributed by atoms with E-state index in [0.717, 1.165) is 0 Å². The first-order valence-electron chi connectivity index (χ1n) is 8.93. The number of nitrogens with one attached hydrogen (secondary N) is 3. The number of ether oxygens (including phenoxy) is 2. The molecule has 146 valence electrons. The van der Waals surface area contributed by atoms with Crippen molar-refractivity contribution >= 4 is 11.8 Å². The molecule has 0 saturated carbocycles. The second-order valence-electron chi connectivity index (χ2n) is 8.58. The lowest BCUT2D eigenvalue weighted by Gasteiger charge is -2.31. The molecule has 1 aliphatic heterocycles. The number of carbonyl (C=O) groups excluding carboxylic acids is 2. The third kappa shape index (κ3) is 7.71. The van der Waals surface area contributed by atoms with Crippen molar-refractivity contribution < 1.29 is 19.1 Å². The minimum atomic E-state index is -0.749. The Morgan fingerprint density at radius 3 is 2.20 bits per heavy atom. The summed E-state index contributed by atoms with van der Waals surface area (Å²) in [6, 6.07) is -1.12. The Hall–Kier alpha value is -1.18. The Morgan fingerprint density at radius 1 is 1.12 bits per heavy atom. The van der Waals surface area contributed by atoms with Crippen LogP contribution in [-0.2, 0) is 19.1 Å². The van der Waals surface area contributed by atoms with Crippen molar-refractivity contribution in [2.24, 2.45) is 0 Å². The lowest BCUT2D eigenvalue weighted by molar-refractivity contribution is -0.137.